The largest absolute Gasteiger partial charge is 0.486 e. The number of carbonyl (C=O) groups excluding carboxylic acids is 1. The molecule has 0 N–H and O–H groups in total. The molecule has 5 heteroatoms. The first-order chi connectivity index (χ1) is 11.7. The molecule has 1 aliphatic carbocycles. The molecule has 4 rings (SSSR count). The fourth-order valence-corrected chi connectivity index (χ4v) is 2.91. The molecule has 1 heterocycles. The van der Waals surface area contributed by atoms with Crippen molar-refractivity contribution in [2.24, 2.45) is 0 Å². The van der Waals surface area contributed by atoms with Crippen molar-refractivity contribution in [3.05, 3.63) is 59.4 Å². The summed E-state index contributed by atoms with van der Waals surface area (Å²) in [4.78, 5) is 14.7. The van der Waals surface area contributed by atoms with Crippen LogP contribution in [0.3, 0.4) is 0 Å². The Bertz CT molecular complexity index is 773. The van der Waals surface area contributed by atoms with Crippen LogP contribution < -0.4 is 9.47 Å². The topological polar surface area (TPSA) is 38.8 Å². The van der Waals surface area contributed by atoms with Gasteiger partial charge in [-0.1, -0.05) is 18.2 Å². The summed E-state index contributed by atoms with van der Waals surface area (Å²) in [6.07, 6.45) is 1.93. The zero-order chi connectivity index (χ0) is 16.5. The van der Waals surface area contributed by atoms with Gasteiger partial charge in [0, 0.05) is 23.7 Å². The first-order valence-corrected chi connectivity index (χ1v) is 8.16. The Labute approximate surface area is 139 Å². The van der Waals surface area contributed by atoms with Gasteiger partial charge in [0.25, 0.3) is 5.91 Å². The number of benzene rings is 2. The first-order valence-electron chi connectivity index (χ1n) is 8.16. The maximum atomic E-state index is 14.0. The molecule has 0 radical (unpaired) electrons. The van der Waals surface area contributed by atoms with E-state index in [9.17, 15) is 9.18 Å². The maximum absolute atomic E-state index is 14.0. The van der Waals surface area contributed by atoms with Crippen LogP contribution in [0.25, 0.3) is 0 Å². The lowest BCUT2D eigenvalue weighted by molar-refractivity contribution is 0.0727. The molecule has 0 unspecified atom stereocenters. The summed E-state index contributed by atoms with van der Waals surface area (Å²) in [6, 6.07) is 12.0. The number of ether oxygens (including phenoxy) is 2. The molecule has 0 saturated heterocycles. The third kappa shape index (κ3) is 2.94. The Kier molecular flexibility index (Phi) is 3.84. The average Bonchev–Trinajstić information content (AvgIpc) is 3.45. The normalized spacial score (nSPS) is 15.9. The quantitative estimate of drug-likeness (QED) is 0.864. The summed E-state index contributed by atoms with van der Waals surface area (Å²) < 4.78 is 25.0. The highest BCUT2D eigenvalue weighted by Crippen LogP contribution is 2.34. The van der Waals surface area contributed by atoms with Gasteiger partial charge in [0.2, 0.25) is 0 Å². The molecule has 4 nitrogen and oxygen atoms in total. The van der Waals surface area contributed by atoms with E-state index in [-0.39, 0.29) is 24.3 Å². The van der Waals surface area contributed by atoms with Crippen LogP contribution >= 0.6 is 0 Å². The predicted molar refractivity (Wildman–Crippen MR) is 86.7 cm³/mol. The van der Waals surface area contributed by atoms with Crippen LogP contribution in [0.4, 0.5) is 4.39 Å². The Hall–Kier alpha value is -2.56. The number of carbonyl (C=O) groups is 1. The fourth-order valence-electron chi connectivity index (χ4n) is 2.91. The minimum atomic E-state index is -0.280. The van der Waals surface area contributed by atoms with Gasteiger partial charge < -0.3 is 14.4 Å². The Morgan fingerprint density at radius 3 is 2.58 bits per heavy atom. The Morgan fingerprint density at radius 1 is 1.08 bits per heavy atom. The Morgan fingerprint density at radius 2 is 1.83 bits per heavy atom. The number of fused-ring (bicyclic) bond motifs is 1. The molecular weight excluding hydrogens is 309 g/mol. The molecule has 0 bridgehead atoms. The van der Waals surface area contributed by atoms with E-state index in [1.807, 2.05) is 0 Å². The summed E-state index contributed by atoms with van der Waals surface area (Å²) in [5, 5.41) is 0. The van der Waals surface area contributed by atoms with Crippen molar-refractivity contribution in [1.82, 2.24) is 4.90 Å². The van der Waals surface area contributed by atoms with E-state index in [1.165, 1.54) is 6.07 Å². The van der Waals surface area contributed by atoms with Gasteiger partial charge in [-0.2, -0.15) is 0 Å². The van der Waals surface area contributed by atoms with Crippen LogP contribution in [0.15, 0.2) is 42.5 Å². The molecule has 0 aromatic heterocycles. The van der Waals surface area contributed by atoms with E-state index in [0.29, 0.717) is 35.8 Å². The molecule has 124 valence electrons. The minimum Gasteiger partial charge on any atom is -0.486 e. The van der Waals surface area contributed by atoms with Crippen molar-refractivity contribution in [2.45, 2.75) is 25.4 Å². The number of hydrogen-bond acceptors (Lipinski definition) is 3. The number of hydrogen-bond donors (Lipinski definition) is 0. The molecular formula is C19H18FNO3. The second-order valence-electron chi connectivity index (χ2n) is 6.11. The monoisotopic (exact) mass is 327 g/mol. The highest BCUT2D eigenvalue weighted by molar-refractivity contribution is 5.95. The molecule has 24 heavy (non-hydrogen) atoms. The highest BCUT2D eigenvalue weighted by atomic mass is 19.1. The first kappa shape index (κ1) is 15.0. The molecule has 1 fully saturated rings. The summed E-state index contributed by atoms with van der Waals surface area (Å²) in [5.74, 6) is 0.870. The minimum absolute atomic E-state index is 0.0993. The van der Waals surface area contributed by atoms with Gasteiger partial charge in [-0.25, -0.2) is 4.39 Å². The van der Waals surface area contributed by atoms with Crippen LogP contribution in [-0.4, -0.2) is 30.1 Å². The highest BCUT2D eigenvalue weighted by Gasteiger charge is 2.34. The second-order valence-corrected chi connectivity index (χ2v) is 6.11. The van der Waals surface area contributed by atoms with Crippen molar-refractivity contribution in [3.8, 4) is 11.5 Å². The number of rotatable bonds is 4. The van der Waals surface area contributed by atoms with E-state index in [4.69, 9.17) is 9.47 Å². The molecule has 2 aromatic rings. The second kappa shape index (κ2) is 6.15. The standard InChI is InChI=1S/C19H18FNO3/c20-16-4-2-1-3-14(16)12-21(15-6-7-15)19(22)13-5-8-17-18(11-13)24-10-9-23-17/h1-5,8,11,15H,6-7,9-10,12H2. The van der Waals surface area contributed by atoms with Gasteiger partial charge >= 0.3 is 0 Å². The summed E-state index contributed by atoms with van der Waals surface area (Å²) >= 11 is 0. The van der Waals surface area contributed by atoms with Crippen molar-refractivity contribution in [3.63, 3.8) is 0 Å². The average molecular weight is 327 g/mol. The van der Waals surface area contributed by atoms with Gasteiger partial charge in [-0.15, -0.1) is 0 Å². The van der Waals surface area contributed by atoms with Gasteiger partial charge in [0.05, 0.1) is 0 Å². The van der Waals surface area contributed by atoms with Crippen molar-refractivity contribution < 1.29 is 18.7 Å². The SMILES string of the molecule is O=C(c1ccc2c(c1)OCCO2)N(Cc1ccccc1F)C1CC1. The number of amides is 1. The van der Waals surface area contributed by atoms with Gasteiger partial charge in [0.1, 0.15) is 19.0 Å². The molecule has 2 aromatic carbocycles. The third-order valence-corrected chi connectivity index (χ3v) is 4.34. The van der Waals surface area contributed by atoms with E-state index in [1.54, 1.807) is 41.3 Å². The van der Waals surface area contributed by atoms with Crippen LogP contribution in [0.2, 0.25) is 0 Å². The van der Waals surface area contributed by atoms with Gasteiger partial charge in [0.15, 0.2) is 11.5 Å². The van der Waals surface area contributed by atoms with E-state index in [0.717, 1.165) is 12.8 Å². The fraction of sp³-hybridized carbons (Fsp3) is 0.316. The van der Waals surface area contributed by atoms with E-state index in [2.05, 4.69) is 0 Å². The van der Waals surface area contributed by atoms with Crippen LogP contribution in [-0.2, 0) is 6.54 Å². The predicted octanol–water partition coefficient (Wildman–Crippen LogP) is 3.40. The van der Waals surface area contributed by atoms with Crippen molar-refractivity contribution in [1.29, 1.82) is 0 Å². The van der Waals surface area contributed by atoms with Crippen molar-refractivity contribution >= 4 is 5.91 Å². The lowest BCUT2D eigenvalue weighted by Crippen LogP contribution is -2.33. The van der Waals surface area contributed by atoms with Crippen LogP contribution in [0, 0.1) is 5.82 Å². The lowest BCUT2D eigenvalue weighted by atomic mass is 10.1. The molecule has 0 spiro atoms. The van der Waals surface area contributed by atoms with E-state index < -0.39 is 0 Å². The molecule has 1 amide bonds. The molecule has 1 saturated carbocycles. The number of nitrogens with zero attached hydrogens (tertiary/aromatic N) is 1. The van der Waals surface area contributed by atoms with E-state index >= 15 is 0 Å². The van der Waals surface area contributed by atoms with Crippen molar-refractivity contribution in [2.75, 3.05) is 13.2 Å². The molecule has 2 aliphatic rings. The summed E-state index contributed by atoms with van der Waals surface area (Å²) in [5.41, 5.74) is 1.08. The smallest absolute Gasteiger partial charge is 0.254 e. The molecule has 1 aliphatic heterocycles. The van der Waals surface area contributed by atoms with Gasteiger partial charge in [-0.05, 0) is 37.1 Å². The summed E-state index contributed by atoms with van der Waals surface area (Å²) in [7, 11) is 0. The zero-order valence-corrected chi connectivity index (χ0v) is 13.2. The Balaban J connectivity index is 1.59. The zero-order valence-electron chi connectivity index (χ0n) is 13.2. The number of halogens is 1. The van der Waals surface area contributed by atoms with Crippen LogP contribution in [0.1, 0.15) is 28.8 Å². The lowest BCUT2D eigenvalue weighted by Gasteiger charge is -2.24. The summed E-state index contributed by atoms with van der Waals surface area (Å²) in [6.45, 7) is 1.28. The third-order valence-electron chi connectivity index (χ3n) is 4.34. The molecule has 0 atom stereocenters. The van der Waals surface area contributed by atoms with Gasteiger partial charge in [-0.3, -0.25) is 4.79 Å². The van der Waals surface area contributed by atoms with Crippen LogP contribution in [0.5, 0.6) is 11.5 Å². The maximum Gasteiger partial charge on any atom is 0.254 e.